The lowest BCUT2D eigenvalue weighted by atomic mass is 9.85. The highest BCUT2D eigenvalue weighted by atomic mass is 19.4. The highest BCUT2D eigenvalue weighted by Gasteiger charge is 2.46. The molecule has 3 rings (SSSR count). The predicted octanol–water partition coefficient (Wildman–Crippen LogP) is 3.16. The van der Waals surface area contributed by atoms with Crippen LogP contribution in [0.5, 0.6) is 0 Å². The van der Waals surface area contributed by atoms with Gasteiger partial charge >= 0.3 is 6.18 Å². The Morgan fingerprint density at radius 2 is 1.45 bits per heavy atom. The zero-order chi connectivity index (χ0) is 15.9. The summed E-state index contributed by atoms with van der Waals surface area (Å²) in [5.41, 5.74) is -0.227. The average molecular weight is 309 g/mol. The largest absolute Gasteiger partial charge is 0.416 e. The van der Waals surface area contributed by atoms with Crippen LogP contribution in [0.25, 0.3) is 0 Å². The Labute approximate surface area is 125 Å². The van der Waals surface area contributed by atoms with E-state index in [9.17, 15) is 22.8 Å². The van der Waals surface area contributed by atoms with E-state index in [0.717, 1.165) is 12.1 Å². The molecule has 1 aromatic carbocycles. The van der Waals surface area contributed by atoms with Crippen molar-refractivity contribution in [3.8, 4) is 0 Å². The summed E-state index contributed by atoms with van der Waals surface area (Å²) in [7, 11) is 0. The van der Waals surface area contributed by atoms with E-state index >= 15 is 0 Å². The third-order valence-corrected chi connectivity index (χ3v) is 4.22. The van der Waals surface area contributed by atoms with Gasteiger partial charge in [0.15, 0.2) is 0 Å². The lowest BCUT2D eigenvalue weighted by Gasteiger charge is -2.15. The zero-order valence-electron chi connectivity index (χ0n) is 11.6. The monoisotopic (exact) mass is 309 g/mol. The Balaban J connectivity index is 1.76. The second-order valence-corrected chi connectivity index (χ2v) is 5.61. The van der Waals surface area contributed by atoms with Crippen LogP contribution in [-0.2, 0) is 22.3 Å². The van der Waals surface area contributed by atoms with Crippen molar-refractivity contribution in [2.45, 2.75) is 25.6 Å². The van der Waals surface area contributed by atoms with Gasteiger partial charge in [0, 0.05) is 0 Å². The van der Waals surface area contributed by atoms with Crippen LogP contribution in [0.15, 0.2) is 36.4 Å². The first-order valence-electron chi connectivity index (χ1n) is 7.04. The fourth-order valence-corrected chi connectivity index (χ4v) is 3.01. The Morgan fingerprint density at radius 3 is 1.91 bits per heavy atom. The first-order chi connectivity index (χ1) is 10.4. The number of imide groups is 1. The normalized spacial score (nSPS) is 24.8. The van der Waals surface area contributed by atoms with Crippen LogP contribution in [0.2, 0.25) is 0 Å². The van der Waals surface area contributed by atoms with E-state index in [1.807, 2.05) is 12.2 Å². The Morgan fingerprint density at radius 1 is 0.955 bits per heavy atom. The maximum atomic E-state index is 12.5. The van der Waals surface area contributed by atoms with Crippen LogP contribution < -0.4 is 0 Å². The molecule has 1 aliphatic heterocycles. The summed E-state index contributed by atoms with van der Waals surface area (Å²) >= 11 is 0. The van der Waals surface area contributed by atoms with Crippen molar-refractivity contribution in [1.29, 1.82) is 0 Å². The van der Waals surface area contributed by atoms with Crippen LogP contribution in [0.3, 0.4) is 0 Å². The highest BCUT2D eigenvalue weighted by Crippen LogP contribution is 2.36. The maximum Gasteiger partial charge on any atom is 0.416 e. The molecule has 0 bridgehead atoms. The molecular formula is C16H14F3NO2. The van der Waals surface area contributed by atoms with E-state index in [1.165, 1.54) is 17.0 Å². The van der Waals surface area contributed by atoms with Gasteiger partial charge in [0.2, 0.25) is 11.8 Å². The number of carbonyl (C=O) groups is 2. The number of amides is 2. The summed E-state index contributed by atoms with van der Waals surface area (Å²) in [4.78, 5) is 25.7. The van der Waals surface area contributed by atoms with Crippen LogP contribution in [0.4, 0.5) is 13.2 Å². The van der Waals surface area contributed by atoms with E-state index in [2.05, 4.69) is 0 Å². The summed E-state index contributed by atoms with van der Waals surface area (Å²) in [5, 5.41) is 0. The van der Waals surface area contributed by atoms with Crippen LogP contribution in [0, 0.1) is 11.8 Å². The van der Waals surface area contributed by atoms with Gasteiger partial charge in [0.05, 0.1) is 23.9 Å². The standard InChI is InChI=1S/C16H14F3NO2/c17-16(18,19)11-7-5-10(6-8-11)9-20-14(21)12-3-1-2-4-13(12)15(20)22/h1-2,5-8,12-13H,3-4,9H2/t12-,13-/m0/s1. The lowest BCUT2D eigenvalue weighted by Crippen LogP contribution is -2.30. The predicted molar refractivity (Wildman–Crippen MR) is 72.4 cm³/mol. The van der Waals surface area contributed by atoms with Gasteiger partial charge in [0.25, 0.3) is 0 Å². The number of carbonyl (C=O) groups excluding carboxylic acids is 2. The first-order valence-corrected chi connectivity index (χ1v) is 7.04. The lowest BCUT2D eigenvalue weighted by molar-refractivity contribution is -0.141. The number of benzene rings is 1. The minimum atomic E-state index is -4.39. The molecule has 2 amide bonds. The fraction of sp³-hybridized carbons (Fsp3) is 0.375. The molecule has 0 saturated carbocycles. The first kappa shape index (κ1) is 14.8. The van der Waals surface area contributed by atoms with Crippen molar-refractivity contribution >= 4 is 11.8 Å². The van der Waals surface area contributed by atoms with Gasteiger partial charge in [-0.25, -0.2) is 0 Å². The van der Waals surface area contributed by atoms with Crippen molar-refractivity contribution in [1.82, 2.24) is 4.90 Å². The number of nitrogens with zero attached hydrogens (tertiary/aromatic N) is 1. The molecule has 1 heterocycles. The third-order valence-electron chi connectivity index (χ3n) is 4.22. The van der Waals surface area contributed by atoms with Gasteiger partial charge < -0.3 is 0 Å². The van der Waals surface area contributed by atoms with E-state index in [0.29, 0.717) is 18.4 Å². The second kappa shape index (κ2) is 5.26. The van der Waals surface area contributed by atoms with Crippen molar-refractivity contribution in [3.63, 3.8) is 0 Å². The molecule has 1 fully saturated rings. The van der Waals surface area contributed by atoms with Gasteiger partial charge in [-0.1, -0.05) is 24.3 Å². The topological polar surface area (TPSA) is 37.4 Å². The quantitative estimate of drug-likeness (QED) is 0.621. The van der Waals surface area contributed by atoms with E-state index in [-0.39, 0.29) is 30.2 Å². The van der Waals surface area contributed by atoms with Gasteiger partial charge in [-0.3, -0.25) is 14.5 Å². The summed E-state index contributed by atoms with van der Waals surface area (Å²) in [5.74, 6) is -1.07. The minimum Gasteiger partial charge on any atom is -0.278 e. The zero-order valence-corrected chi connectivity index (χ0v) is 11.6. The Hall–Kier alpha value is -2.11. The van der Waals surface area contributed by atoms with Crippen LogP contribution >= 0.6 is 0 Å². The van der Waals surface area contributed by atoms with Crippen molar-refractivity contribution < 1.29 is 22.8 Å². The SMILES string of the molecule is O=C1[C@H]2CC=CC[C@@H]2C(=O)N1Cc1ccc(C(F)(F)F)cc1. The number of rotatable bonds is 2. The van der Waals surface area contributed by atoms with Gasteiger partial charge in [-0.05, 0) is 30.5 Å². The Bertz CT molecular complexity index is 608. The molecule has 1 saturated heterocycles. The summed E-state index contributed by atoms with van der Waals surface area (Å²) in [6.07, 6.45) is 0.512. The van der Waals surface area contributed by atoms with E-state index in [1.54, 1.807) is 0 Å². The molecule has 1 aliphatic carbocycles. The third kappa shape index (κ3) is 2.53. The molecule has 1 aromatic rings. The van der Waals surface area contributed by atoms with Crippen LogP contribution in [-0.4, -0.2) is 16.7 Å². The molecular weight excluding hydrogens is 295 g/mol. The molecule has 0 aromatic heterocycles. The number of hydrogen-bond acceptors (Lipinski definition) is 2. The number of fused-ring (bicyclic) bond motifs is 1. The molecule has 116 valence electrons. The molecule has 6 heteroatoms. The number of halogens is 3. The molecule has 0 radical (unpaired) electrons. The molecule has 0 N–H and O–H groups in total. The van der Waals surface area contributed by atoms with Crippen molar-refractivity contribution in [2.75, 3.05) is 0 Å². The molecule has 0 unspecified atom stereocenters. The van der Waals surface area contributed by atoms with E-state index in [4.69, 9.17) is 0 Å². The maximum absolute atomic E-state index is 12.5. The van der Waals surface area contributed by atoms with Crippen LogP contribution in [0.1, 0.15) is 24.0 Å². The highest BCUT2D eigenvalue weighted by molar-refractivity contribution is 6.05. The summed E-state index contributed by atoms with van der Waals surface area (Å²) in [6.45, 7) is 0.0306. The van der Waals surface area contributed by atoms with E-state index < -0.39 is 11.7 Å². The molecule has 22 heavy (non-hydrogen) atoms. The molecule has 2 atom stereocenters. The smallest absolute Gasteiger partial charge is 0.278 e. The Kier molecular flexibility index (Phi) is 3.54. The molecule has 3 nitrogen and oxygen atoms in total. The number of hydrogen-bond donors (Lipinski definition) is 0. The summed E-state index contributed by atoms with van der Waals surface area (Å²) < 4.78 is 37.6. The van der Waals surface area contributed by atoms with Crippen molar-refractivity contribution in [2.24, 2.45) is 11.8 Å². The molecule has 0 spiro atoms. The minimum absolute atomic E-state index is 0.0306. The average Bonchev–Trinajstić information content (AvgIpc) is 2.73. The molecule has 2 aliphatic rings. The van der Waals surface area contributed by atoms with Gasteiger partial charge in [0.1, 0.15) is 0 Å². The number of alkyl halides is 3. The number of allylic oxidation sites excluding steroid dienone is 2. The summed E-state index contributed by atoms with van der Waals surface area (Å²) in [6, 6.07) is 4.55. The van der Waals surface area contributed by atoms with Gasteiger partial charge in [-0.15, -0.1) is 0 Å². The van der Waals surface area contributed by atoms with Crippen molar-refractivity contribution in [3.05, 3.63) is 47.5 Å². The fourth-order valence-electron chi connectivity index (χ4n) is 3.01. The number of likely N-dealkylation sites (tertiary alicyclic amines) is 1. The second-order valence-electron chi connectivity index (χ2n) is 5.61. The van der Waals surface area contributed by atoms with Gasteiger partial charge in [-0.2, -0.15) is 13.2 Å².